The van der Waals surface area contributed by atoms with Gasteiger partial charge in [-0.1, -0.05) is 18.2 Å². The lowest BCUT2D eigenvalue weighted by atomic mass is 9.80. The molecule has 2 heterocycles. The first-order chi connectivity index (χ1) is 14.5. The Morgan fingerprint density at radius 1 is 1.00 bits per heavy atom. The predicted octanol–water partition coefficient (Wildman–Crippen LogP) is 1.90. The maximum Gasteiger partial charge on any atom is 0.259 e. The summed E-state index contributed by atoms with van der Waals surface area (Å²) >= 11 is 0. The summed E-state index contributed by atoms with van der Waals surface area (Å²) in [7, 11) is 4.62. The molecule has 8 nitrogen and oxygen atoms in total. The first-order valence-corrected chi connectivity index (χ1v) is 9.78. The molecular formula is C22H25N3O5. The molecule has 30 heavy (non-hydrogen) atoms. The van der Waals surface area contributed by atoms with Crippen LogP contribution in [0.1, 0.15) is 33.6 Å². The van der Waals surface area contributed by atoms with Gasteiger partial charge in [-0.2, -0.15) is 4.98 Å². The number of carbonyl (C=O) groups is 2. The van der Waals surface area contributed by atoms with E-state index in [2.05, 4.69) is 10.3 Å². The second-order valence-corrected chi connectivity index (χ2v) is 7.67. The minimum Gasteiger partial charge on any atom is -0.481 e. The van der Waals surface area contributed by atoms with Gasteiger partial charge in [0.05, 0.1) is 19.8 Å². The molecule has 2 aliphatic rings. The van der Waals surface area contributed by atoms with Gasteiger partial charge in [0, 0.05) is 31.8 Å². The molecule has 2 fully saturated rings. The van der Waals surface area contributed by atoms with Crippen LogP contribution in [0.2, 0.25) is 0 Å². The summed E-state index contributed by atoms with van der Waals surface area (Å²) < 4.78 is 16.2. The van der Waals surface area contributed by atoms with E-state index in [1.54, 1.807) is 36.3 Å². The molecule has 158 valence electrons. The average molecular weight is 411 g/mol. The maximum absolute atomic E-state index is 13.1. The van der Waals surface area contributed by atoms with Crippen LogP contribution in [0.15, 0.2) is 42.5 Å². The quantitative estimate of drug-likeness (QED) is 0.749. The van der Waals surface area contributed by atoms with Gasteiger partial charge in [-0.15, -0.1) is 0 Å². The van der Waals surface area contributed by atoms with Crippen molar-refractivity contribution in [1.29, 1.82) is 0 Å². The normalized spacial score (nSPS) is 18.2. The lowest BCUT2D eigenvalue weighted by molar-refractivity contribution is -0.0709. The van der Waals surface area contributed by atoms with E-state index < -0.39 is 11.1 Å². The zero-order valence-corrected chi connectivity index (χ0v) is 17.3. The van der Waals surface area contributed by atoms with Gasteiger partial charge in [0.25, 0.3) is 11.8 Å². The first kappa shape index (κ1) is 20.2. The van der Waals surface area contributed by atoms with Gasteiger partial charge in [-0.05, 0) is 31.0 Å². The van der Waals surface area contributed by atoms with Crippen LogP contribution in [-0.4, -0.2) is 67.3 Å². The monoisotopic (exact) mass is 411 g/mol. The van der Waals surface area contributed by atoms with Crippen molar-refractivity contribution in [1.82, 2.24) is 15.2 Å². The molecule has 2 amide bonds. The van der Waals surface area contributed by atoms with Crippen LogP contribution in [0, 0.1) is 0 Å². The smallest absolute Gasteiger partial charge is 0.259 e. The molecule has 0 radical (unpaired) electrons. The van der Waals surface area contributed by atoms with Crippen LogP contribution >= 0.6 is 0 Å². The number of likely N-dealkylation sites (tertiary alicyclic amines) is 1. The highest BCUT2D eigenvalue weighted by Crippen LogP contribution is 2.52. The van der Waals surface area contributed by atoms with E-state index in [-0.39, 0.29) is 17.7 Å². The van der Waals surface area contributed by atoms with Gasteiger partial charge in [0.2, 0.25) is 11.8 Å². The van der Waals surface area contributed by atoms with Crippen LogP contribution in [0.5, 0.6) is 11.8 Å². The molecule has 4 rings (SSSR count). The minimum atomic E-state index is -0.628. The molecule has 1 aliphatic heterocycles. The Morgan fingerprint density at radius 3 is 2.27 bits per heavy atom. The molecule has 8 heteroatoms. The lowest BCUT2D eigenvalue weighted by Crippen LogP contribution is -2.77. The molecule has 1 aromatic heterocycles. The fraction of sp³-hybridized carbons (Fsp3) is 0.409. The van der Waals surface area contributed by atoms with Crippen molar-refractivity contribution in [2.24, 2.45) is 0 Å². The van der Waals surface area contributed by atoms with Gasteiger partial charge in [-0.3, -0.25) is 9.59 Å². The number of ether oxygens (including phenoxy) is 3. The van der Waals surface area contributed by atoms with Gasteiger partial charge in [0.1, 0.15) is 11.1 Å². The molecule has 0 bridgehead atoms. The number of aromatic nitrogens is 1. The fourth-order valence-electron chi connectivity index (χ4n) is 4.13. The van der Waals surface area contributed by atoms with Crippen molar-refractivity contribution in [3.63, 3.8) is 0 Å². The number of pyridine rings is 1. The second-order valence-electron chi connectivity index (χ2n) is 7.67. The van der Waals surface area contributed by atoms with Gasteiger partial charge < -0.3 is 24.4 Å². The molecule has 1 saturated heterocycles. The fourth-order valence-corrected chi connectivity index (χ4v) is 4.13. The van der Waals surface area contributed by atoms with Crippen LogP contribution in [-0.2, 0) is 4.74 Å². The number of carbonyl (C=O) groups excluding carboxylic acids is 2. The molecule has 1 aliphatic carbocycles. The number of methoxy groups -OCH3 is 3. The number of hydrogen-bond acceptors (Lipinski definition) is 6. The van der Waals surface area contributed by atoms with Gasteiger partial charge in [-0.25, -0.2) is 0 Å². The van der Waals surface area contributed by atoms with Crippen LogP contribution in [0.25, 0.3) is 0 Å². The Morgan fingerprint density at radius 2 is 1.70 bits per heavy atom. The maximum atomic E-state index is 13.1. The highest BCUT2D eigenvalue weighted by molar-refractivity contribution is 5.98. The third-order valence-corrected chi connectivity index (χ3v) is 6.03. The topological polar surface area (TPSA) is 90.0 Å². The van der Waals surface area contributed by atoms with E-state index in [4.69, 9.17) is 14.2 Å². The van der Waals surface area contributed by atoms with E-state index in [0.29, 0.717) is 30.1 Å². The zero-order chi connectivity index (χ0) is 21.4. The molecule has 1 aromatic carbocycles. The Hall–Kier alpha value is -3.13. The largest absolute Gasteiger partial charge is 0.481 e. The molecule has 1 saturated carbocycles. The summed E-state index contributed by atoms with van der Waals surface area (Å²) in [6.45, 7) is 0.709. The number of nitrogens with zero attached hydrogens (tertiary/aromatic N) is 2. The third kappa shape index (κ3) is 3.27. The summed E-state index contributed by atoms with van der Waals surface area (Å²) in [5.74, 6) is 0.194. The highest BCUT2D eigenvalue weighted by atomic mass is 16.5. The molecule has 1 N–H and O–H groups in total. The summed E-state index contributed by atoms with van der Waals surface area (Å²) in [6, 6.07) is 12.3. The first-order valence-electron chi connectivity index (χ1n) is 9.78. The third-order valence-electron chi connectivity index (χ3n) is 6.03. The summed E-state index contributed by atoms with van der Waals surface area (Å²) in [5, 5.41) is 3.16. The Bertz CT molecular complexity index is 953. The van der Waals surface area contributed by atoms with E-state index in [0.717, 1.165) is 12.8 Å². The molecular weight excluding hydrogens is 386 g/mol. The molecule has 0 spiro atoms. The molecule has 2 aromatic rings. The number of rotatable bonds is 7. The lowest BCUT2D eigenvalue weighted by Gasteiger charge is -2.54. The zero-order valence-electron chi connectivity index (χ0n) is 17.3. The van der Waals surface area contributed by atoms with Crippen molar-refractivity contribution in [2.75, 3.05) is 34.4 Å². The van der Waals surface area contributed by atoms with Crippen LogP contribution < -0.4 is 14.8 Å². The highest BCUT2D eigenvalue weighted by Gasteiger charge is 2.66. The number of amides is 2. The number of benzene rings is 1. The standard InChI is InChI=1S/C22H25N3O5/c1-28-17-10-9-16(19(23-17)29-2)20(27)25-13-21(14-25,22(30-3)11-12-22)24-18(26)15-7-5-4-6-8-15/h4-10H,11-14H2,1-3H3,(H,24,26). The van der Waals surface area contributed by atoms with Crippen molar-refractivity contribution < 1.29 is 23.8 Å². The van der Waals surface area contributed by atoms with Crippen molar-refractivity contribution in [2.45, 2.75) is 24.0 Å². The van der Waals surface area contributed by atoms with Crippen LogP contribution in [0.4, 0.5) is 0 Å². The minimum absolute atomic E-state index is 0.172. The summed E-state index contributed by atoms with van der Waals surface area (Å²) in [6.07, 6.45) is 1.68. The van der Waals surface area contributed by atoms with E-state index in [9.17, 15) is 9.59 Å². The Kier molecular flexibility index (Phi) is 5.11. The summed E-state index contributed by atoms with van der Waals surface area (Å²) in [4.78, 5) is 31.8. The second kappa shape index (κ2) is 7.60. The average Bonchev–Trinajstić information content (AvgIpc) is 3.57. The number of nitrogens with one attached hydrogen (secondary N) is 1. The molecule has 0 atom stereocenters. The van der Waals surface area contributed by atoms with Gasteiger partial charge in [0.15, 0.2) is 0 Å². The van der Waals surface area contributed by atoms with E-state index in [1.807, 2.05) is 18.2 Å². The van der Waals surface area contributed by atoms with E-state index in [1.165, 1.54) is 14.2 Å². The molecule has 0 unspecified atom stereocenters. The van der Waals surface area contributed by atoms with Crippen LogP contribution in [0.3, 0.4) is 0 Å². The Labute approximate surface area is 175 Å². The van der Waals surface area contributed by atoms with Crippen molar-refractivity contribution in [3.8, 4) is 11.8 Å². The summed E-state index contributed by atoms with van der Waals surface area (Å²) in [5.41, 5.74) is -0.147. The van der Waals surface area contributed by atoms with Gasteiger partial charge >= 0.3 is 0 Å². The SMILES string of the molecule is COc1ccc(C(=O)N2CC(NC(=O)c3ccccc3)(C3(OC)CC3)C2)c(OC)n1. The van der Waals surface area contributed by atoms with Crippen molar-refractivity contribution in [3.05, 3.63) is 53.6 Å². The number of hydrogen-bond donors (Lipinski definition) is 1. The van der Waals surface area contributed by atoms with E-state index >= 15 is 0 Å². The predicted molar refractivity (Wildman–Crippen MR) is 109 cm³/mol. The van der Waals surface area contributed by atoms with Crippen molar-refractivity contribution >= 4 is 11.8 Å². The Balaban J connectivity index is 1.54.